The Morgan fingerprint density at radius 1 is 0.800 bits per heavy atom. The van der Waals surface area contributed by atoms with Crippen LogP contribution in [0.4, 0.5) is 0 Å². The summed E-state index contributed by atoms with van der Waals surface area (Å²) in [6.07, 6.45) is -5.71. The van der Waals surface area contributed by atoms with Gasteiger partial charge in [0.05, 0.1) is 19.9 Å². The van der Waals surface area contributed by atoms with Crippen molar-refractivity contribution in [2.75, 3.05) is 20.8 Å². The lowest BCUT2D eigenvalue weighted by molar-refractivity contribution is -0.252. The smallest absolute Gasteiger partial charge is 0.303 e. The number of methoxy groups -OCH3 is 2. The maximum atomic E-state index is 12.0. The highest BCUT2D eigenvalue weighted by molar-refractivity contribution is 9.10. The number of carbonyl (C=O) groups is 4. The van der Waals surface area contributed by atoms with Crippen molar-refractivity contribution >= 4 is 39.8 Å². The molecule has 3 rings (SSSR count). The van der Waals surface area contributed by atoms with Crippen LogP contribution in [0.3, 0.4) is 0 Å². The van der Waals surface area contributed by atoms with Gasteiger partial charge in [0.1, 0.15) is 18.8 Å². The van der Waals surface area contributed by atoms with Gasteiger partial charge in [0.15, 0.2) is 35.6 Å². The van der Waals surface area contributed by atoms with Gasteiger partial charge in [-0.2, -0.15) is 0 Å². The third-order valence-corrected chi connectivity index (χ3v) is 6.45. The second kappa shape index (κ2) is 13.6. The molecule has 0 aliphatic carbocycles. The molecule has 0 saturated carbocycles. The molecule has 1 aliphatic heterocycles. The normalized spacial score (nSPS) is 22.1. The summed E-state index contributed by atoms with van der Waals surface area (Å²) in [5.74, 6) is -1.35. The lowest BCUT2D eigenvalue weighted by Crippen LogP contribution is -2.62. The Balaban J connectivity index is 1.98. The number of rotatable bonds is 10. The highest BCUT2D eigenvalue weighted by atomic mass is 79.9. The van der Waals surface area contributed by atoms with Crippen LogP contribution < -0.4 is 9.47 Å². The molecule has 1 aliphatic rings. The summed E-state index contributed by atoms with van der Waals surface area (Å²) in [5, 5.41) is 4.13. The number of benzene rings is 1. The van der Waals surface area contributed by atoms with Gasteiger partial charge < -0.3 is 37.7 Å². The molecular weight excluding hydrogens is 598 g/mol. The first-order chi connectivity index (χ1) is 18.9. The molecule has 0 spiro atoms. The van der Waals surface area contributed by atoms with Gasteiger partial charge in [0.2, 0.25) is 0 Å². The second-order valence-corrected chi connectivity index (χ2v) is 9.67. The van der Waals surface area contributed by atoms with Crippen LogP contribution in [0, 0.1) is 0 Å². The van der Waals surface area contributed by atoms with Crippen molar-refractivity contribution in [3.63, 3.8) is 0 Å². The minimum Gasteiger partial charge on any atom is -0.493 e. The van der Waals surface area contributed by atoms with Crippen molar-refractivity contribution in [2.24, 2.45) is 0 Å². The molecule has 218 valence electrons. The Morgan fingerprint density at radius 2 is 1.35 bits per heavy atom. The summed E-state index contributed by atoms with van der Waals surface area (Å²) in [5.41, 5.74) is 1.02. The summed E-state index contributed by atoms with van der Waals surface area (Å²) in [6, 6.07) is 5.08. The van der Waals surface area contributed by atoms with Crippen molar-refractivity contribution in [1.82, 2.24) is 5.16 Å². The zero-order valence-corrected chi connectivity index (χ0v) is 24.3. The first-order valence-electron chi connectivity index (χ1n) is 12.1. The standard InChI is InChI=1S/C26H30BrNO12/c1-12(29)35-11-23-25(37-14(3)31)26(38-15(4)32)24(36-13(2)30)22(39-23)8-16-7-19(40-28-16)17-9-20(33-5)21(34-6)10-18(17)27/h7,9-10,22-26H,8,11H2,1-6H3/t22-,23+,24-,25-,26+/m0/s1. The van der Waals surface area contributed by atoms with Gasteiger partial charge in [0.25, 0.3) is 0 Å². The van der Waals surface area contributed by atoms with E-state index in [4.69, 9.17) is 37.7 Å². The lowest BCUT2D eigenvalue weighted by Gasteiger charge is -2.44. The van der Waals surface area contributed by atoms with Gasteiger partial charge in [-0.3, -0.25) is 19.2 Å². The third-order valence-electron chi connectivity index (χ3n) is 5.80. The van der Waals surface area contributed by atoms with Crippen LogP contribution >= 0.6 is 15.9 Å². The topological polar surface area (TPSA) is 159 Å². The molecule has 2 aromatic rings. The van der Waals surface area contributed by atoms with E-state index in [1.807, 2.05) is 0 Å². The highest BCUT2D eigenvalue weighted by Gasteiger charge is 2.52. The van der Waals surface area contributed by atoms with Gasteiger partial charge in [0, 0.05) is 50.2 Å². The molecule has 0 radical (unpaired) electrons. The number of hydrogen-bond donors (Lipinski definition) is 0. The SMILES string of the molecule is COc1cc(Br)c(-c2cc(C[C@@H]3O[C@H](COC(C)=O)[C@H](OC(C)=O)[C@H](OC(C)=O)[C@H]3OC(C)=O)no2)cc1OC. The minimum atomic E-state index is -1.27. The number of hydrogen-bond acceptors (Lipinski definition) is 13. The summed E-state index contributed by atoms with van der Waals surface area (Å²) in [7, 11) is 3.02. The van der Waals surface area contributed by atoms with Crippen LogP contribution in [-0.2, 0) is 49.3 Å². The molecule has 1 aromatic carbocycles. The molecule has 0 amide bonds. The van der Waals surface area contributed by atoms with Crippen molar-refractivity contribution in [3.8, 4) is 22.8 Å². The van der Waals surface area contributed by atoms with E-state index < -0.39 is 54.4 Å². The zero-order valence-electron chi connectivity index (χ0n) is 22.8. The predicted molar refractivity (Wildman–Crippen MR) is 138 cm³/mol. The van der Waals surface area contributed by atoms with Gasteiger partial charge >= 0.3 is 23.9 Å². The van der Waals surface area contributed by atoms with E-state index in [0.29, 0.717) is 33.0 Å². The first-order valence-corrected chi connectivity index (χ1v) is 12.9. The molecule has 13 nitrogen and oxygen atoms in total. The van der Waals surface area contributed by atoms with Crippen LogP contribution in [-0.4, -0.2) is 80.4 Å². The maximum Gasteiger partial charge on any atom is 0.303 e. The van der Waals surface area contributed by atoms with Crippen molar-refractivity contribution in [3.05, 3.63) is 28.4 Å². The molecule has 1 saturated heterocycles. The quantitative estimate of drug-likeness (QED) is 0.280. The Hall–Kier alpha value is -3.65. The highest BCUT2D eigenvalue weighted by Crippen LogP contribution is 2.39. The van der Waals surface area contributed by atoms with Crippen LogP contribution in [0.5, 0.6) is 11.5 Å². The van der Waals surface area contributed by atoms with Gasteiger partial charge in [-0.05, 0) is 28.1 Å². The fourth-order valence-electron chi connectivity index (χ4n) is 4.27. The van der Waals surface area contributed by atoms with Crippen LogP contribution in [0.25, 0.3) is 11.3 Å². The minimum absolute atomic E-state index is 0.0213. The maximum absolute atomic E-state index is 12.0. The largest absolute Gasteiger partial charge is 0.493 e. The molecule has 1 fully saturated rings. The Kier molecular flexibility index (Phi) is 10.5. The van der Waals surface area contributed by atoms with E-state index in [9.17, 15) is 19.2 Å². The van der Waals surface area contributed by atoms with Crippen LogP contribution in [0.15, 0.2) is 27.2 Å². The van der Waals surface area contributed by atoms with E-state index in [2.05, 4.69) is 21.1 Å². The first kappa shape index (κ1) is 30.9. The van der Waals surface area contributed by atoms with E-state index >= 15 is 0 Å². The molecular formula is C26H30BrNO12. The number of aromatic nitrogens is 1. The van der Waals surface area contributed by atoms with Crippen molar-refractivity contribution in [2.45, 2.75) is 64.6 Å². The van der Waals surface area contributed by atoms with Gasteiger partial charge in [-0.25, -0.2) is 0 Å². The molecule has 2 heterocycles. The molecule has 1 aromatic heterocycles. The van der Waals surface area contributed by atoms with Crippen LogP contribution in [0.1, 0.15) is 33.4 Å². The molecule has 0 bridgehead atoms. The summed E-state index contributed by atoms with van der Waals surface area (Å²) in [6.45, 7) is 4.37. The monoisotopic (exact) mass is 627 g/mol. The van der Waals surface area contributed by atoms with Crippen molar-refractivity contribution in [1.29, 1.82) is 0 Å². The number of ether oxygens (including phenoxy) is 7. The Morgan fingerprint density at radius 3 is 1.90 bits per heavy atom. The third kappa shape index (κ3) is 7.72. The van der Waals surface area contributed by atoms with E-state index in [-0.39, 0.29) is 13.0 Å². The average Bonchev–Trinajstić information content (AvgIpc) is 3.33. The second-order valence-electron chi connectivity index (χ2n) is 8.81. The van der Waals surface area contributed by atoms with Gasteiger partial charge in [-0.1, -0.05) is 5.16 Å². The number of esters is 4. The summed E-state index contributed by atoms with van der Waals surface area (Å²) < 4.78 is 44.5. The number of halogens is 1. The summed E-state index contributed by atoms with van der Waals surface area (Å²) in [4.78, 5) is 47.5. The Bertz CT molecular complexity index is 1240. The molecule has 5 atom stereocenters. The molecule has 0 N–H and O–H groups in total. The number of carbonyl (C=O) groups excluding carboxylic acids is 4. The fraction of sp³-hybridized carbons (Fsp3) is 0.500. The van der Waals surface area contributed by atoms with E-state index in [0.717, 1.165) is 13.8 Å². The number of nitrogens with zero attached hydrogens (tertiary/aromatic N) is 1. The van der Waals surface area contributed by atoms with E-state index in [1.54, 1.807) is 18.2 Å². The lowest BCUT2D eigenvalue weighted by atomic mass is 9.91. The summed E-state index contributed by atoms with van der Waals surface area (Å²) >= 11 is 3.49. The van der Waals surface area contributed by atoms with Gasteiger partial charge in [-0.15, -0.1) is 0 Å². The van der Waals surface area contributed by atoms with E-state index in [1.165, 1.54) is 28.1 Å². The molecule has 0 unspecified atom stereocenters. The zero-order chi connectivity index (χ0) is 29.6. The Labute approximate surface area is 238 Å². The van der Waals surface area contributed by atoms with Crippen LogP contribution in [0.2, 0.25) is 0 Å². The van der Waals surface area contributed by atoms with Crippen molar-refractivity contribution < 1.29 is 56.9 Å². The molecule has 40 heavy (non-hydrogen) atoms. The fourth-order valence-corrected chi connectivity index (χ4v) is 4.78. The predicted octanol–water partition coefficient (Wildman–Crippen LogP) is 2.79. The molecule has 14 heteroatoms. The average molecular weight is 628 g/mol.